The van der Waals surface area contributed by atoms with Crippen LogP contribution in [-0.2, 0) is 0 Å². The molecular weight excluding hydrogens is 321 g/mol. The molecule has 0 radical (unpaired) electrons. The maximum absolute atomic E-state index is 13.9. The van der Waals surface area contributed by atoms with E-state index in [9.17, 15) is 9.50 Å². The second kappa shape index (κ2) is 5.83. The van der Waals surface area contributed by atoms with Crippen molar-refractivity contribution in [2.24, 2.45) is 0 Å². The highest BCUT2D eigenvalue weighted by atomic mass is 79.9. The quantitative estimate of drug-likeness (QED) is 0.818. The average molecular weight is 338 g/mol. The molecule has 0 aliphatic carbocycles. The van der Waals surface area contributed by atoms with E-state index in [0.717, 1.165) is 21.3 Å². The number of phenolic OH excluding ortho intramolecular Hbond substituents is 1. The molecule has 0 saturated carbocycles. The Morgan fingerprint density at radius 3 is 2.55 bits per heavy atom. The van der Waals surface area contributed by atoms with E-state index in [-0.39, 0.29) is 17.6 Å². The van der Waals surface area contributed by atoms with Crippen LogP contribution in [0.4, 0.5) is 10.1 Å². The number of nitrogens with one attached hydrogen (secondary N) is 1. The van der Waals surface area contributed by atoms with Gasteiger partial charge in [0.15, 0.2) is 0 Å². The van der Waals surface area contributed by atoms with Crippen LogP contribution in [0, 0.1) is 19.7 Å². The number of aromatic hydroxyl groups is 1. The summed E-state index contributed by atoms with van der Waals surface area (Å²) in [5.74, 6) is 0.0202. The summed E-state index contributed by atoms with van der Waals surface area (Å²) in [4.78, 5) is 0. The largest absolute Gasteiger partial charge is 0.507 e. The molecule has 0 aromatic heterocycles. The lowest BCUT2D eigenvalue weighted by Crippen LogP contribution is -2.09. The normalized spacial score (nSPS) is 12.2. The summed E-state index contributed by atoms with van der Waals surface area (Å²) in [6.07, 6.45) is 0. The molecule has 1 unspecified atom stereocenters. The molecule has 0 fully saturated rings. The number of aryl methyl sites for hydroxylation is 1. The molecule has 0 spiro atoms. The van der Waals surface area contributed by atoms with Gasteiger partial charge in [-0.05, 0) is 44.5 Å². The predicted molar refractivity (Wildman–Crippen MR) is 83.7 cm³/mol. The van der Waals surface area contributed by atoms with Gasteiger partial charge in [-0.3, -0.25) is 0 Å². The molecule has 0 aliphatic rings. The first-order valence-electron chi connectivity index (χ1n) is 6.40. The lowest BCUT2D eigenvalue weighted by atomic mass is 10.0. The Morgan fingerprint density at radius 1 is 1.20 bits per heavy atom. The van der Waals surface area contributed by atoms with E-state index in [2.05, 4.69) is 21.2 Å². The van der Waals surface area contributed by atoms with Crippen molar-refractivity contribution in [3.05, 3.63) is 57.3 Å². The van der Waals surface area contributed by atoms with Gasteiger partial charge in [0.2, 0.25) is 0 Å². The summed E-state index contributed by atoms with van der Waals surface area (Å²) in [6, 6.07) is 8.57. The van der Waals surface area contributed by atoms with Gasteiger partial charge in [-0.1, -0.05) is 28.1 Å². The Balaban J connectivity index is 2.28. The van der Waals surface area contributed by atoms with E-state index in [0.29, 0.717) is 5.56 Å². The lowest BCUT2D eigenvalue weighted by Gasteiger charge is -2.19. The minimum Gasteiger partial charge on any atom is -0.507 e. The number of benzene rings is 2. The van der Waals surface area contributed by atoms with Crippen molar-refractivity contribution in [1.82, 2.24) is 0 Å². The maximum atomic E-state index is 13.9. The molecular formula is C16H17BrFNO. The van der Waals surface area contributed by atoms with Crippen LogP contribution < -0.4 is 5.32 Å². The minimum atomic E-state index is -0.256. The van der Waals surface area contributed by atoms with E-state index < -0.39 is 0 Å². The number of hydrogen-bond donors (Lipinski definition) is 2. The molecule has 0 saturated heterocycles. The first-order chi connectivity index (χ1) is 9.40. The van der Waals surface area contributed by atoms with E-state index in [1.807, 2.05) is 39.0 Å². The Kier molecular flexibility index (Phi) is 4.33. The molecule has 2 aromatic rings. The van der Waals surface area contributed by atoms with Gasteiger partial charge >= 0.3 is 0 Å². The molecule has 1 atom stereocenters. The number of hydrogen-bond acceptors (Lipinski definition) is 2. The first-order valence-corrected chi connectivity index (χ1v) is 7.20. The highest BCUT2D eigenvalue weighted by Gasteiger charge is 2.13. The molecule has 2 aromatic carbocycles. The van der Waals surface area contributed by atoms with Crippen LogP contribution in [0.5, 0.6) is 5.75 Å². The average Bonchev–Trinajstić information content (AvgIpc) is 2.39. The Labute approximate surface area is 126 Å². The third-order valence-corrected chi connectivity index (χ3v) is 3.93. The third-order valence-electron chi connectivity index (χ3n) is 3.43. The smallest absolute Gasteiger partial charge is 0.129 e. The van der Waals surface area contributed by atoms with Crippen LogP contribution in [0.25, 0.3) is 0 Å². The Morgan fingerprint density at radius 2 is 1.90 bits per heavy atom. The number of anilines is 1. The topological polar surface area (TPSA) is 32.3 Å². The molecule has 20 heavy (non-hydrogen) atoms. The molecule has 4 heteroatoms. The first kappa shape index (κ1) is 14.9. The standard InChI is InChI=1S/C16H17BrFNO/c1-9-4-7-15(10(2)16(9)20)19-11(3)13-6-5-12(17)8-14(13)18/h4-8,11,19-20H,1-3H3. The molecule has 2 N–H and O–H groups in total. The molecule has 0 aliphatic heterocycles. The molecule has 0 bridgehead atoms. The van der Waals surface area contributed by atoms with Gasteiger partial charge in [0.25, 0.3) is 0 Å². The van der Waals surface area contributed by atoms with E-state index >= 15 is 0 Å². The fraction of sp³-hybridized carbons (Fsp3) is 0.250. The highest BCUT2D eigenvalue weighted by molar-refractivity contribution is 9.10. The summed E-state index contributed by atoms with van der Waals surface area (Å²) >= 11 is 3.25. The zero-order chi connectivity index (χ0) is 14.9. The number of halogens is 2. The van der Waals surface area contributed by atoms with E-state index in [1.165, 1.54) is 6.07 Å². The summed E-state index contributed by atoms with van der Waals surface area (Å²) < 4.78 is 14.6. The van der Waals surface area contributed by atoms with Crippen molar-refractivity contribution in [3.8, 4) is 5.75 Å². The van der Waals surface area contributed by atoms with Crippen LogP contribution in [0.3, 0.4) is 0 Å². The van der Waals surface area contributed by atoms with Gasteiger partial charge < -0.3 is 10.4 Å². The lowest BCUT2D eigenvalue weighted by molar-refractivity contribution is 0.467. The van der Waals surface area contributed by atoms with Crippen LogP contribution >= 0.6 is 15.9 Å². The van der Waals surface area contributed by atoms with Crippen LogP contribution in [0.1, 0.15) is 29.7 Å². The van der Waals surface area contributed by atoms with Crippen molar-refractivity contribution in [2.45, 2.75) is 26.8 Å². The SMILES string of the molecule is Cc1ccc(NC(C)c2ccc(Br)cc2F)c(C)c1O. The molecule has 0 heterocycles. The summed E-state index contributed by atoms with van der Waals surface area (Å²) in [5.41, 5.74) is 3.00. The maximum Gasteiger partial charge on any atom is 0.129 e. The van der Waals surface area contributed by atoms with Gasteiger partial charge in [-0.2, -0.15) is 0 Å². The number of rotatable bonds is 3. The van der Waals surface area contributed by atoms with Gasteiger partial charge in [-0.25, -0.2) is 4.39 Å². The van der Waals surface area contributed by atoms with Crippen LogP contribution in [-0.4, -0.2) is 5.11 Å². The second-order valence-electron chi connectivity index (χ2n) is 4.94. The minimum absolute atomic E-state index is 0.191. The highest BCUT2D eigenvalue weighted by Crippen LogP contribution is 2.31. The zero-order valence-electron chi connectivity index (χ0n) is 11.7. The van der Waals surface area contributed by atoms with Gasteiger partial charge in [0.1, 0.15) is 11.6 Å². The summed E-state index contributed by atoms with van der Waals surface area (Å²) in [7, 11) is 0. The van der Waals surface area contributed by atoms with Crippen LogP contribution in [0.2, 0.25) is 0 Å². The van der Waals surface area contributed by atoms with Crippen molar-refractivity contribution < 1.29 is 9.50 Å². The van der Waals surface area contributed by atoms with Crippen molar-refractivity contribution >= 4 is 21.6 Å². The van der Waals surface area contributed by atoms with E-state index in [1.54, 1.807) is 6.07 Å². The van der Waals surface area contributed by atoms with Gasteiger partial charge in [-0.15, -0.1) is 0 Å². The van der Waals surface area contributed by atoms with Crippen LogP contribution in [0.15, 0.2) is 34.8 Å². The predicted octanol–water partition coefficient (Wildman–Crippen LogP) is 5.08. The molecule has 106 valence electrons. The monoisotopic (exact) mass is 337 g/mol. The zero-order valence-corrected chi connectivity index (χ0v) is 13.3. The second-order valence-corrected chi connectivity index (χ2v) is 5.85. The molecule has 0 amide bonds. The van der Waals surface area contributed by atoms with Gasteiger partial charge in [0.05, 0.1) is 6.04 Å². The van der Waals surface area contributed by atoms with Crippen molar-refractivity contribution in [2.75, 3.05) is 5.32 Å². The fourth-order valence-corrected chi connectivity index (χ4v) is 2.49. The molecule has 2 nitrogen and oxygen atoms in total. The molecule has 2 rings (SSSR count). The fourth-order valence-electron chi connectivity index (χ4n) is 2.16. The summed E-state index contributed by atoms with van der Waals surface area (Å²) in [5, 5.41) is 13.2. The van der Waals surface area contributed by atoms with Gasteiger partial charge in [0, 0.05) is 21.3 Å². The third kappa shape index (κ3) is 2.96. The van der Waals surface area contributed by atoms with Crippen molar-refractivity contribution in [1.29, 1.82) is 0 Å². The van der Waals surface area contributed by atoms with Crippen molar-refractivity contribution in [3.63, 3.8) is 0 Å². The number of phenols is 1. The summed E-state index contributed by atoms with van der Waals surface area (Å²) in [6.45, 7) is 5.59. The van der Waals surface area contributed by atoms with E-state index in [4.69, 9.17) is 0 Å². The Bertz CT molecular complexity index is 643. The Hall–Kier alpha value is -1.55.